The molecule has 0 unspecified atom stereocenters. The van der Waals surface area contributed by atoms with Crippen LogP contribution in [0.4, 0.5) is 9.18 Å². The Morgan fingerprint density at radius 3 is 2.85 bits per heavy atom. The number of hydrogen-bond donors (Lipinski definition) is 2. The highest BCUT2D eigenvalue weighted by molar-refractivity contribution is 5.75. The Bertz CT molecular complexity index is 873. The van der Waals surface area contributed by atoms with Crippen molar-refractivity contribution in [2.75, 3.05) is 13.1 Å². The first kappa shape index (κ1) is 16.6. The number of H-pyrrole nitrogens is 1. The molecule has 5 nitrogen and oxygen atoms in total. The van der Waals surface area contributed by atoms with Gasteiger partial charge >= 0.3 is 6.03 Å². The van der Waals surface area contributed by atoms with E-state index >= 15 is 0 Å². The van der Waals surface area contributed by atoms with Gasteiger partial charge in [-0.1, -0.05) is 24.3 Å². The first-order valence-electron chi connectivity index (χ1n) is 8.91. The Balaban J connectivity index is 1.39. The summed E-state index contributed by atoms with van der Waals surface area (Å²) in [5, 5.41) is 2.92. The van der Waals surface area contributed by atoms with Crippen molar-refractivity contribution in [3.05, 3.63) is 65.7 Å². The lowest BCUT2D eigenvalue weighted by Gasteiger charge is -2.31. The van der Waals surface area contributed by atoms with Crippen LogP contribution in [0.15, 0.2) is 48.5 Å². The normalized spacial score (nSPS) is 17.4. The Morgan fingerprint density at radius 2 is 2.04 bits per heavy atom. The van der Waals surface area contributed by atoms with Crippen LogP contribution in [0.2, 0.25) is 0 Å². The number of rotatable bonds is 3. The Kier molecular flexibility index (Phi) is 4.56. The van der Waals surface area contributed by atoms with E-state index in [1.54, 1.807) is 12.1 Å². The van der Waals surface area contributed by atoms with E-state index in [4.69, 9.17) is 0 Å². The van der Waals surface area contributed by atoms with Crippen molar-refractivity contribution in [3.63, 3.8) is 0 Å². The number of aromatic nitrogens is 2. The lowest BCUT2D eigenvalue weighted by molar-refractivity contribution is 0.178. The molecule has 2 N–H and O–H groups in total. The molecule has 6 heteroatoms. The van der Waals surface area contributed by atoms with E-state index in [0.717, 1.165) is 41.8 Å². The van der Waals surface area contributed by atoms with Gasteiger partial charge in [-0.15, -0.1) is 0 Å². The zero-order valence-electron chi connectivity index (χ0n) is 14.4. The number of likely N-dealkylation sites (tertiary alicyclic amines) is 1. The number of amides is 2. The third-order valence-corrected chi connectivity index (χ3v) is 4.86. The number of carbonyl (C=O) groups is 1. The highest BCUT2D eigenvalue weighted by Crippen LogP contribution is 2.26. The molecule has 134 valence electrons. The van der Waals surface area contributed by atoms with E-state index in [-0.39, 0.29) is 17.8 Å². The molecule has 26 heavy (non-hydrogen) atoms. The van der Waals surface area contributed by atoms with Gasteiger partial charge in [-0.05, 0) is 42.7 Å². The second kappa shape index (κ2) is 7.15. The van der Waals surface area contributed by atoms with Crippen molar-refractivity contribution in [2.24, 2.45) is 0 Å². The quantitative estimate of drug-likeness (QED) is 0.753. The van der Waals surface area contributed by atoms with Crippen LogP contribution >= 0.6 is 0 Å². The summed E-state index contributed by atoms with van der Waals surface area (Å²) in [6.07, 6.45) is 1.97. The molecule has 4 rings (SSSR count). The minimum atomic E-state index is -0.273. The predicted molar refractivity (Wildman–Crippen MR) is 98.3 cm³/mol. The molecule has 2 amide bonds. The molecular formula is C20H21FN4O. The van der Waals surface area contributed by atoms with Crippen LogP contribution in [0.5, 0.6) is 0 Å². The monoisotopic (exact) mass is 352 g/mol. The fraction of sp³-hybridized carbons (Fsp3) is 0.300. The number of para-hydroxylation sites is 2. The number of halogens is 1. The van der Waals surface area contributed by atoms with E-state index in [1.807, 2.05) is 29.2 Å². The summed E-state index contributed by atoms with van der Waals surface area (Å²) in [5.41, 5.74) is 2.87. The highest BCUT2D eigenvalue weighted by atomic mass is 19.1. The summed E-state index contributed by atoms with van der Waals surface area (Å²) in [4.78, 5) is 22.4. The summed E-state index contributed by atoms with van der Waals surface area (Å²) >= 11 is 0. The average Bonchev–Trinajstić information content (AvgIpc) is 3.12. The molecule has 1 fully saturated rings. The standard InChI is InChI=1S/C20H21FN4O/c21-16-9-7-14(8-10-16)12-22-20(26)25-11-3-4-15(13-25)19-23-17-5-1-2-6-18(17)24-19/h1-2,5-10,15H,3-4,11-13H2,(H,22,26)(H,23,24)/t15-/m1/s1. The molecule has 0 aliphatic carbocycles. The van der Waals surface area contributed by atoms with Crippen LogP contribution in [0.3, 0.4) is 0 Å². The number of fused-ring (bicyclic) bond motifs is 1. The number of nitrogens with zero attached hydrogens (tertiary/aromatic N) is 2. The minimum absolute atomic E-state index is 0.0878. The number of nitrogens with one attached hydrogen (secondary N) is 2. The van der Waals surface area contributed by atoms with E-state index < -0.39 is 0 Å². The first-order valence-corrected chi connectivity index (χ1v) is 8.91. The molecule has 2 aromatic carbocycles. The molecule has 0 spiro atoms. The molecule has 0 saturated carbocycles. The van der Waals surface area contributed by atoms with Crippen molar-refractivity contribution in [2.45, 2.75) is 25.3 Å². The third-order valence-electron chi connectivity index (χ3n) is 4.86. The molecule has 0 bridgehead atoms. The second-order valence-electron chi connectivity index (χ2n) is 6.71. The topological polar surface area (TPSA) is 61.0 Å². The van der Waals surface area contributed by atoms with Gasteiger partial charge in [-0.3, -0.25) is 0 Å². The number of aromatic amines is 1. The van der Waals surface area contributed by atoms with Gasteiger partial charge in [0.1, 0.15) is 11.6 Å². The van der Waals surface area contributed by atoms with Crippen molar-refractivity contribution in [1.29, 1.82) is 0 Å². The predicted octanol–water partition coefficient (Wildman–Crippen LogP) is 3.79. The number of urea groups is 1. The summed E-state index contributed by atoms with van der Waals surface area (Å²) in [5.74, 6) is 0.889. The van der Waals surface area contributed by atoms with Gasteiger partial charge in [0.2, 0.25) is 0 Å². The smallest absolute Gasteiger partial charge is 0.317 e. The van der Waals surface area contributed by atoms with Gasteiger partial charge in [-0.25, -0.2) is 14.2 Å². The molecule has 2 heterocycles. The number of imidazole rings is 1. The van der Waals surface area contributed by atoms with Gasteiger partial charge < -0.3 is 15.2 Å². The van der Waals surface area contributed by atoms with Gasteiger partial charge in [0.15, 0.2) is 0 Å². The number of benzene rings is 2. The van der Waals surface area contributed by atoms with E-state index in [9.17, 15) is 9.18 Å². The summed E-state index contributed by atoms with van der Waals surface area (Å²) in [6, 6.07) is 14.1. The summed E-state index contributed by atoms with van der Waals surface area (Å²) in [7, 11) is 0. The fourth-order valence-corrected chi connectivity index (χ4v) is 3.44. The molecule has 1 aromatic heterocycles. The molecule has 1 atom stereocenters. The van der Waals surface area contributed by atoms with Gasteiger partial charge in [0.25, 0.3) is 0 Å². The second-order valence-corrected chi connectivity index (χ2v) is 6.71. The molecule has 1 aliphatic heterocycles. The SMILES string of the molecule is O=C(NCc1ccc(F)cc1)N1CCC[C@@H](c2nc3ccccc3[nH]2)C1. The lowest BCUT2D eigenvalue weighted by atomic mass is 9.97. The maximum absolute atomic E-state index is 13.0. The fourth-order valence-electron chi connectivity index (χ4n) is 3.44. The van der Waals surface area contributed by atoms with E-state index in [2.05, 4.69) is 15.3 Å². The van der Waals surface area contributed by atoms with Crippen molar-refractivity contribution in [3.8, 4) is 0 Å². The van der Waals surface area contributed by atoms with E-state index in [1.165, 1.54) is 12.1 Å². The molecule has 1 saturated heterocycles. The average molecular weight is 352 g/mol. The van der Waals surface area contributed by atoms with Crippen LogP contribution in [0.1, 0.15) is 30.1 Å². The number of carbonyl (C=O) groups excluding carboxylic acids is 1. The lowest BCUT2D eigenvalue weighted by Crippen LogP contribution is -2.44. The van der Waals surface area contributed by atoms with Gasteiger partial charge in [0, 0.05) is 25.6 Å². The number of piperidine rings is 1. The van der Waals surface area contributed by atoms with Crippen molar-refractivity contribution >= 4 is 17.1 Å². The van der Waals surface area contributed by atoms with Gasteiger partial charge in [-0.2, -0.15) is 0 Å². The van der Waals surface area contributed by atoms with Crippen LogP contribution in [0, 0.1) is 5.82 Å². The largest absolute Gasteiger partial charge is 0.342 e. The first-order chi connectivity index (χ1) is 12.7. The Morgan fingerprint density at radius 1 is 1.23 bits per heavy atom. The Hall–Kier alpha value is -2.89. The highest BCUT2D eigenvalue weighted by Gasteiger charge is 2.26. The molecule has 0 radical (unpaired) electrons. The maximum atomic E-state index is 13.0. The number of hydrogen-bond acceptors (Lipinski definition) is 2. The maximum Gasteiger partial charge on any atom is 0.317 e. The van der Waals surface area contributed by atoms with E-state index in [0.29, 0.717) is 13.1 Å². The van der Waals surface area contributed by atoms with Crippen molar-refractivity contribution in [1.82, 2.24) is 20.2 Å². The third kappa shape index (κ3) is 3.54. The van der Waals surface area contributed by atoms with Crippen LogP contribution in [-0.4, -0.2) is 34.0 Å². The summed E-state index contributed by atoms with van der Waals surface area (Å²) < 4.78 is 13.0. The van der Waals surface area contributed by atoms with Crippen LogP contribution in [0.25, 0.3) is 11.0 Å². The zero-order chi connectivity index (χ0) is 17.9. The minimum Gasteiger partial charge on any atom is -0.342 e. The van der Waals surface area contributed by atoms with Crippen molar-refractivity contribution < 1.29 is 9.18 Å². The van der Waals surface area contributed by atoms with Crippen LogP contribution in [-0.2, 0) is 6.54 Å². The summed E-state index contributed by atoms with van der Waals surface area (Å²) in [6.45, 7) is 1.78. The Labute approximate surface area is 151 Å². The molecule has 1 aliphatic rings. The molecule has 3 aromatic rings. The van der Waals surface area contributed by atoms with Crippen LogP contribution < -0.4 is 5.32 Å². The van der Waals surface area contributed by atoms with Gasteiger partial charge in [0.05, 0.1) is 11.0 Å². The molecular weight excluding hydrogens is 331 g/mol. The zero-order valence-corrected chi connectivity index (χ0v) is 14.4.